The third-order valence-electron chi connectivity index (χ3n) is 3.42. The highest BCUT2D eigenvalue weighted by Gasteiger charge is 2.12. The van der Waals surface area contributed by atoms with E-state index in [2.05, 4.69) is 10.4 Å². The van der Waals surface area contributed by atoms with Crippen LogP contribution in [0.15, 0.2) is 24.4 Å². The van der Waals surface area contributed by atoms with Gasteiger partial charge in [-0.05, 0) is 19.9 Å². The van der Waals surface area contributed by atoms with Crippen LogP contribution in [0.5, 0.6) is 11.5 Å². The maximum absolute atomic E-state index is 10.0. The second-order valence-electron chi connectivity index (χ2n) is 4.94. The van der Waals surface area contributed by atoms with Crippen LogP contribution in [0.25, 0.3) is 0 Å². The first-order valence-corrected chi connectivity index (χ1v) is 6.60. The minimum Gasteiger partial charge on any atom is -0.507 e. The Morgan fingerprint density at radius 2 is 2.20 bits per heavy atom. The van der Waals surface area contributed by atoms with Gasteiger partial charge in [0.1, 0.15) is 11.5 Å². The summed E-state index contributed by atoms with van der Waals surface area (Å²) in [5, 5.41) is 17.7. The number of benzene rings is 1. The van der Waals surface area contributed by atoms with E-state index in [1.54, 1.807) is 13.2 Å². The molecule has 0 saturated carbocycles. The standard InChI is InChI=1S/C15H21N3O2/c1-10-12(9-18(3)17-10)8-16-11(2)14-6-5-13(20-4)7-15(14)19/h5-7,9,11,16,19H,8H2,1-4H3. The van der Waals surface area contributed by atoms with Crippen molar-refractivity contribution in [3.05, 3.63) is 41.2 Å². The molecule has 0 aliphatic carbocycles. The van der Waals surface area contributed by atoms with Gasteiger partial charge in [-0.1, -0.05) is 6.07 Å². The third kappa shape index (κ3) is 3.11. The van der Waals surface area contributed by atoms with E-state index in [0.29, 0.717) is 12.3 Å². The number of aryl methyl sites for hydroxylation is 2. The molecule has 0 saturated heterocycles. The minimum absolute atomic E-state index is 0.0421. The van der Waals surface area contributed by atoms with Crippen LogP contribution < -0.4 is 10.1 Å². The molecule has 2 rings (SSSR count). The average molecular weight is 275 g/mol. The molecule has 0 aliphatic heterocycles. The second kappa shape index (κ2) is 5.96. The number of phenols is 1. The SMILES string of the molecule is COc1ccc(C(C)NCc2cn(C)nc2C)c(O)c1. The Balaban J connectivity index is 2.05. The number of aromatic hydroxyl groups is 1. The van der Waals surface area contributed by atoms with E-state index in [9.17, 15) is 5.11 Å². The molecule has 1 atom stereocenters. The highest BCUT2D eigenvalue weighted by atomic mass is 16.5. The smallest absolute Gasteiger partial charge is 0.124 e. The van der Waals surface area contributed by atoms with Crippen molar-refractivity contribution in [3.8, 4) is 11.5 Å². The van der Waals surface area contributed by atoms with Gasteiger partial charge in [-0.2, -0.15) is 5.10 Å². The molecule has 2 aromatic rings. The Labute approximate surface area is 119 Å². The Hall–Kier alpha value is -2.01. The highest BCUT2D eigenvalue weighted by molar-refractivity contribution is 5.41. The summed E-state index contributed by atoms with van der Waals surface area (Å²) in [5.41, 5.74) is 3.03. The molecule has 2 N–H and O–H groups in total. The molecule has 1 aromatic heterocycles. The van der Waals surface area contributed by atoms with Crippen molar-refractivity contribution in [2.24, 2.45) is 7.05 Å². The number of hydrogen-bond donors (Lipinski definition) is 2. The molecule has 0 spiro atoms. The van der Waals surface area contributed by atoms with Crippen LogP contribution in [0.2, 0.25) is 0 Å². The number of ether oxygens (including phenoxy) is 1. The summed E-state index contributed by atoms with van der Waals surface area (Å²) >= 11 is 0. The molecule has 1 aromatic carbocycles. The molecule has 1 unspecified atom stereocenters. The van der Waals surface area contributed by atoms with Crippen molar-refractivity contribution >= 4 is 0 Å². The molecule has 0 radical (unpaired) electrons. The number of nitrogens with one attached hydrogen (secondary N) is 1. The highest BCUT2D eigenvalue weighted by Crippen LogP contribution is 2.28. The van der Waals surface area contributed by atoms with Crippen molar-refractivity contribution < 1.29 is 9.84 Å². The molecule has 0 bridgehead atoms. The first-order chi connectivity index (χ1) is 9.51. The van der Waals surface area contributed by atoms with Crippen LogP contribution >= 0.6 is 0 Å². The van der Waals surface area contributed by atoms with Crippen LogP contribution in [-0.2, 0) is 13.6 Å². The van der Waals surface area contributed by atoms with Gasteiger partial charge >= 0.3 is 0 Å². The summed E-state index contributed by atoms with van der Waals surface area (Å²) in [4.78, 5) is 0. The number of phenolic OH excluding ortho intramolecular Hbond substituents is 1. The summed E-state index contributed by atoms with van der Waals surface area (Å²) in [6, 6.07) is 5.40. The monoisotopic (exact) mass is 275 g/mol. The topological polar surface area (TPSA) is 59.3 Å². The Morgan fingerprint density at radius 3 is 2.75 bits per heavy atom. The predicted octanol–water partition coefficient (Wildman–Crippen LogP) is 2.29. The van der Waals surface area contributed by atoms with Crippen LogP contribution in [0, 0.1) is 6.92 Å². The number of methoxy groups -OCH3 is 1. The molecule has 108 valence electrons. The minimum atomic E-state index is 0.0421. The first-order valence-electron chi connectivity index (χ1n) is 6.60. The van der Waals surface area contributed by atoms with Crippen molar-refractivity contribution in [1.82, 2.24) is 15.1 Å². The zero-order valence-electron chi connectivity index (χ0n) is 12.3. The van der Waals surface area contributed by atoms with Crippen molar-refractivity contribution in [2.45, 2.75) is 26.4 Å². The van der Waals surface area contributed by atoms with Crippen molar-refractivity contribution in [3.63, 3.8) is 0 Å². The molecule has 0 aliphatic rings. The lowest BCUT2D eigenvalue weighted by Gasteiger charge is -2.16. The lowest BCUT2D eigenvalue weighted by Crippen LogP contribution is -2.18. The summed E-state index contributed by atoms with van der Waals surface area (Å²) < 4.78 is 6.89. The largest absolute Gasteiger partial charge is 0.507 e. The normalized spacial score (nSPS) is 12.4. The molecule has 5 nitrogen and oxygen atoms in total. The number of rotatable bonds is 5. The number of aromatic nitrogens is 2. The van der Waals surface area contributed by atoms with Crippen LogP contribution in [0.4, 0.5) is 0 Å². The van der Waals surface area contributed by atoms with E-state index in [1.165, 1.54) is 0 Å². The van der Waals surface area contributed by atoms with Crippen LogP contribution in [0.3, 0.4) is 0 Å². The second-order valence-corrected chi connectivity index (χ2v) is 4.94. The zero-order chi connectivity index (χ0) is 14.7. The van der Waals surface area contributed by atoms with Crippen LogP contribution in [-0.4, -0.2) is 22.0 Å². The Kier molecular flexibility index (Phi) is 4.29. The number of hydrogen-bond acceptors (Lipinski definition) is 4. The van der Waals surface area contributed by atoms with Gasteiger partial charge in [0.05, 0.1) is 12.8 Å². The van der Waals surface area contributed by atoms with E-state index in [4.69, 9.17) is 4.74 Å². The van der Waals surface area contributed by atoms with E-state index < -0.39 is 0 Å². The van der Waals surface area contributed by atoms with Gasteiger partial charge in [-0.15, -0.1) is 0 Å². The van der Waals surface area contributed by atoms with E-state index in [0.717, 1.165) is 16.8 Å². The maximum atomic E-state index is 10.0. The zero-order valence-corrected chi connectivity index (χ0v) is 12.3. The average Bonchev–Trinajstić information content (AvgIpc) is 2.74. The molecule has 1 heterocycles. The summed E-state index contributed by atoms with van der Waals surface area (Å²) in [5.74, 6) is 0.897. The Bertz CT molecular complexity index is 593. The van der Waals surface area contributed by atoms with Crippen molar-refractivity contribution in [1.29, 1.82) is 0 Å². The third-order valence-corrected chi connectivity index (χ3v) is 3.42. The van der Waals surface area contributed by atoms with E-state index >= 15 is 0 Å². The van der Waals surface area contributed by atoms with E-state index in [-0.39, 0.29) is 11.8 Å². The van der Waals surface area contributed by atoms with Crippen LogP contribution in [0.1, 0.15) is 29.8 Å². The molecular weight excluding hydrogens is 254 g/mol. The van der Waals surface area contributed by atoms with Gasteiger partial charge < -0.3 is 15.2 Å². The molecular formula is C15H21N3O2. The summed E-state index contributed by atoms with van der Waals surface area (Å²) in [6.45, 7) is 4.73. The quantitative estimate of drug-likeness (QED) is 0.879. The lowest BCUT2D eigenvalue weighted by molar-refractivity contribution is 0.404. The summed E-state index contributed by atoms with van der Waals surface area (Å²) in [7, 11) is 3.50. The molecule has 5 heteroatoms. The first kappa shape index (κ1) is 14.4. The molecule has 0 amide bonds. The fraction of sp³-hybridized carbons (Fsp3) is 0.400. The molecule has 0 fully saturated rings. The molecule has 20 heavy (non-hydrogen) atoms. The predicted molar refractivity (Wildman–Crippen MR) is 77.9 cm³/mol. The van der Waals surface area contributed by atoms with Crippen molar-refractivity contribution in [2.75, 3.05) is 7.11 Å². The van der Waals surface area contributed by atoms with Gasteiger partial charge in [0.25, 0.3) is 0 Å². The van der Waals surface area contributed by atoms with Gasteiger partial charge in [0.15, 0.2) is 0 Å². The fourth-order valence-corrected chi connectivity index (χ4v) is 2.21. The van der Waals surface area contributed by atoms with Gasteiger partial charge in [-0.3, -0.25) is 4.68 Å². The van der Waals surface area contributed by atoms with Gasteiger partial charge in [0.2, 0.25) is 0 Å². The number of nitrogens with zero attached hydrogens (tertiary/aromatic N) is 2. The summed E-state index contributed by atoms with van der Waals surface area (Å²) in [6.07, 6.45) is 2.00. The van der Waals surface area contributed by atoms with Gasteiger partial charge in [0, 0.05) is 43.0 Å². The maximum Gasteiger partial charge on any atom is 0.124 e. The Morgan fingerprint density at radius 1 is 1.45 bits per heavy atom. The van der Waals surface area contributed by atoms with E-state index in [1.807, 2.05) is 43.9 Å². The fourth-order valence-electron chi connectivity index (χ4n) is 2.21. The van der Waals surface area contributed by atoms with Gasteiger partial charge in [-0.25, -0.2) is 0 Å². The lowest BCUT2D eigenvalue weighted by atomic mass is 10.1.